The topological polar surface area (TPSA) is 72.0 Å². The molecule has 0 aromatic carbocycles. The zero-order valence-corrected chi connectivity index (χ0v) is 7.74. The zero-order chi connectivity index (χ0) is 9.84. The molecule has 13 heavy (non-hydrogen) atoms. The molecular formula is C9H13N3O. The van der Waals surface area contributed by atoms with E-state index in [2.05, 4.69) is 4.98 Å². The van der Waals surface area contributed by atoms with Crippen LogP contribution in [0.3, 0.4) is 0 Å². The number of hydrogen-bond acceptors (Lipinski definition) is 3. The Kier molecular flexibility index (Phi) is 2.84. The molecule has 0 radical (unpaired) electrons. The largest absolute Gasteiger partial charge is 0.489 e. The SMILES string of the molecule is CC(C)Oc1cccnc1C(=N)N. The Bertz CT molecular complexity index is 309. The molecule has 1 rings (SSSR count). The zero-order valence-electron chi connectivity index (χ0n) is 7.74. The van der Waals surface area contributed by atoms with E-state index in [0.717, 1.165) is 0 Å². The smallest absolute Gasteiger partial charge is 0.149 e. The fraction of sp³-hybridized carbons (Fsp3) is 0.333. The standard InChI is InChI=1S/C9H13N3O/c1-6(2)13-7-4-3-5-12-8(7)9(10)11/h3-6H,1-2H3,(H3,10,11). The van der Waals surface area contributed by atoms with Crippen molar-refractivity contribution < 1.29 is 4.74 Å². The highest BCUT2D eigenvalue weighted by molar-refractivity contribution is 5.95. The molecule has 0 aliphatic rings. The maximum Gasteiger partial charge on any atom is 0.149 e. The van der Waals surface area contributed by atoms with Gasteiger partial charge in [-0.1, -0.05) is 0 Å². The lowest BCUT2D eigenvalue weighted by molar-refractivity contribution is 0.241. The second-order valence-electron chi connectivity index (χ2n) is 2.93. The van der Waals surface area contributed by atoms with Crippen LogP contribution in [0.1, 0.15) is 19.5 Å². The molecule has 0 saturated heterocycles. The predicted octanol–water partition coefficient (Wildman–Crippen LogP) is 1.15. The number of ether oxygens (including phenoxy) is 1. The maximum atomic E-state index is 7.26. The molecule has 0 saturated carbocycles. The molecule has 3 N–H and O–H groups in total. The second-order valence-corrected chi connectivity index (χ2v) is 2.93. The average Bonchev–Trinajstić information content (AvgIpc) is 2.03. The Labute approximate surface area is 77.2 Å². The molecule has 0 spiro atoms. The third-order valence-electron chi connectivity index (χ3n) is 1.39. The fourth-order valence-corrected chi connectivity index (χ4v) is 0.942. The Morgan fingerprint density at radius 3 is 2.85 bits per heavy atom. The van der Waals surface area contributed by atoms with Gasteiger partial charge in [-0.25, -0.2) is 4.98 Å². The fourth-order valence-electron chi connectivity index (χ4n) is 0.942. The van der Waals surface area contributed by atoms with Crippen LogP contribution in [0.2, 0.25) is 0 Å². The first-order valence-electron chi connectivity index (χ1n) is 4.07. The van der Waals surface area contributed by atoms with E-state index in [9.17, 15) is 0 Å². The number of nitrogen functional groups attached to an aromatic ring is 1. The first-order chi connectivity index (χ1) is 6.11. The van der Waals surface area contributed by atoms with Gasteiger partial charge in [0.2, 0.25) is 0 Å². The molecule has 0 atom stereocenters. The van der Waals surface area contributed by atoms with Crippen molar-refractivity contribution in [3.05, 3.63) is 24.0 Å². The van der Waals surface area contributed by atoms with Crippen molar-refractivity contribution in [1.82, 2.24) is 4.98 Å². The van der Waals surface area contributed by atoms with Gasteiger partial charge in [-0.3, -0.25) is 5.41 Å². The summed E-state index contributed by atoms with van der Waals surface area (Å²) in [6.07, 6.45) is 1.64. The molecule has 0 bridgehead atoms. The van der Waals surface area contributed by atoms with Crippen molar-refractivity contribution in [3.63, 3.8) is 0 Å². The van der Waals surface area contributed by atoms with Gasteiger partial charge >= 0.3 is 0 Å². The summed E-state index contributed by atoms with van der Waals surface area (Å²) < 4.78 is 5.42. The van der Waals surface area contributed by atoms with Crippen LogP contribution >= 0.6 is 0 Å². The van der Waals surface area contributed by atoms with E-state index < -0.39 is 0 Å². The number of nitrogens with one attached hydrogen (secondary N) is 1. The molecule has 0 amide bonds. The van der Waals surface area contributed by atoms with Crippen LogP contribution in [0.4, 0.5) is 0 Å². The lowest BCUT2D eigenvalue weighted by Crippen LogP contribution is -2.17. The van der Waals surface area contributed by atoms with Crippen LogP contribution in [0.15, 0.2) is 18.3 Å². The molecule has 0 fully saturated rings. The van der Waals surface area contributed by atoms with Crippen LogP contribution in [-0.4, -0.2) is 16.9 Å². The predicted molar refractivity (Wildman–Crippen MR) is 51.0 cm³/mol. The molecule has 4 nitrogen and oxygen atoms in total. The Balaban J connectivity index is 2.98. The van der Waals surface area contributed by atoms with Crippen LogP contribution in [-0.2, 0) is 0 Å². The third-order valence-corrected chi connectivity index (χ3v) is 1.39. The second kappa shape index (κ2) is 3.89. The van der Waals surface area contributed by atoms with Crippen molar-refractivity contribution >= 4 is 5.84 Å². The summed E-state index contributed by atoms with van der Waals surface area (Å²) in [7, 11) is 0. The molecule has 70 valence electrons. The van der Waals surface area contributed by atoms with E-state index in [1.807, 2.05) is 13.8 Å². The summed E-state index contributed by atoms with van der Waals surface area (Å²) in [4.78, 5) is 3.96. The van der Waals surface area contributed by atoms with Gasteiger partial charge in [0.1, 0.15) is 17.3 Å². The molecule has 0 unspecified atom stereocenters. The van der Waals surface area contributed by atoms with Crippen molar-refractivity contribution in [2.45, 2.75) is 20.0 Å². The van der Waals surface area contributed by atoms with Crippen molar-refractivity contribution in [2.24, 2.45) is 5.73 Å². The van der Waals surface area contributed by atoms with Crippen LogP contribution < -0.4 is 10.5 Å². The summed E-state index contributed by atoms with van der Waals surface area (Å²) >= 11 is 0. The Morgan fingerprint density at radius 2 is 2.31 bits per heavy atom. The monoisotopic (exact) mass is 179 g/mol. The number of pyridine rings is 1. The summed E-state index contributed by atoms with van der Waals surface area (Å²) in [5, 5.41) is 7.26. The van der Waals surface area contributed by atoms with Crippen molar-refractivity contribution in [1.29, 1.82) is 5.41 Å². The summed E-state index contributed by atoms with van der Waals surface area (Å²) in [6, 6.07) is 3.51. The van der Waals surface area contributed by atoms with E-state index >= 15 is 0 Å². The van der Waals surface area contributed by atoms with Gasteiger partial charge in [0.15, 0.2) is 0 Å². The highest BCUT2D eigenvalue weighted by Crippen LogP contribution is 2.15. The van der Waals surface area contributed by atoms with Gasteiger partial charge in [-0.2, -0.15) is 0 Å². The molecule has 0 aliphatic carbocycles. The molecule has 1 heterocycles. The average molecular weight is 179 g/mol. The molecular weight excluding hydrogens is 166 g/mol. The first-order valence-corrected chi connectivity index (χ1v) is 4.07. The lowest BCUT2D eigenvalue weighted by atomic mass is 10.3. The van der Waals surface area contributed by atoms with Crippen LogP contribution in [0.5, 0.6) is 5.75 Å². The van der Waals surface area contributed by atoms with E-state index in [0.29, 0.717) is 11.4 Å². The summed E-state index contributed by atoms with van der Waals surface area (Å²) in [5.74, 6) is 0.487. The van der Waals surface area contributed by atoms with Gasteiger partial charge in [0.05, 0.1) is 6.10 Å². The van der Waals surface area contributed by atoms with Gasteiger partial charge < -0.3 is 10.5 Å². The minimum atomic E-state index is -0.0729. The first kappa shape index (κ1) is 9.51. The van der Waals surface area contributed by atoms with Gasteiger partial charge in [-0.05, 0) is 26.0 Å². The van der Waals surface area contributed by atoms with Gasteiger partial charge in [-0.15, -0.1) is 0 Å². The van der Waals surface area contributed by atoms with Gasteiger partial charge in [0.25, 0.3) is 0 Å². The molecule has 4 heteroatoms. The van der Waals surface area contributed by atoms with Crippen molar-refractivity contribution in [3.8, 4) is 5.75 Å². The minimum absolute atomic E-state index is 0.0577. The quantitative estimate of drug-likeness (QED) is 0.540. The highest BCUT2D eigenvalue weighted by atomic mass is 16.5. The van der Waals surface area contributed by atoms with Crippen LogP contribution in [0, 0.1) is 5.41 Å². The number of amidine groups is 1. The van der Waals surface area contributed by atoms with Crippen molar-refractivity contribution in [2.75, 3.05) is 0 Å². The summed E-state index contributed by atoms with van der Waals surface area (Å²) in [6.45, 7) is 3.83. The normalized spacial score (nSPS) is 10.1. The Morgan fingerprint density at radius 1 is 1.62 bits per heavy atom. The lowest BCUT2D eigenvalue weighted by Gasteiger charge is -2.11. The molecule has 0 aliphatic heterocycles. The number of hydrogen-bond donors (Lipinski definition) is 2. The van der Waals surface area contributed by atoms with Crippen LogP contribution in [0.25, 0.3) is 0 Å². The highest BCUT2D eigenvalue weighted by Gasteiger charge is 2.07. The third kappa shape index (κ3) is 2.43. The maximum absolute atomic E-state index is 7.26. The number of nitrogens with two attached hydrogens (primary N) is 1. The minimum Gasteiger partial charge on any atom is -0.489 e. The molecule has 1 aromatic rings. The number of aromatic nitrogens is 1. The Hall–Kier alpha value is -1.58. The van der Waals surface area contributed by atoms with E-state index in [1.54, 1.807) is 18.3 Å². The van der Waals surface area contributed by atoms with E-state index in [1.165, 1.54) is 0 Å². The number of rotatable bonds is 3. The van der Waals surface area contributed by atoms with E-state index in [-0.39, 0.29) is 11.9 Å². The van der Waals surface area contributed by atoms with E-state index in [4.69, 9.17) is 15.9 Å². The van der Waals surface area contributed by atoms with Gasteiger partial charge in [0, 0.05) is 6.20 Å². The molecule has 1 aromatic heterocycles. The number of nitrogens with zero attached hydrogens (tertiary/aromatic N) is 1. The summed E-state index contributed by atoms with van der Waals surface area (Å²) in [5.41, 5.74) is 5.73.